The minimum absolute atomic E-state index is 0.0755. The van der Waals surface area contributed by atoms with Crippen LogP contribution in [0.15, 0.2) is 41.2 Å². The van der Waals surface area contributed by atoms with E-state index in [9.17, 15) is 9.59 Å². The van der Waals surface area contributed by atoms with E-state index in [4.69, 9.17) is 0 Å². The average Bonchev–Trinajstić information content (AvgIpc) is 2.57. The Bertz CT molecular complexity index is 797. The number of nitrogens with zero attached hydrogens (tertiary/aromatic N) is 4. The Balaban J connectivity index is 1.73. The number of aromatic nitrogens is 2. The molecule has 1 saturated heterocycles. The third kappa shape index (κ3) is 3.18. The lowest BCUT2D eigenvalue weighted by Gasteiger charge is -2.40. The van der Waals surface area contributed by atoms with Gasteiger partial charge < -0.3 is 9.80 Å². The maximum absolute atomic E-state index is 12.7. The Hall–Kier alpha value is -2.63. The summed E-state index contributed by atoms with van der Waals surface area (Å²) < 4.78 is 1.19. The van der Waals surface area contributed by atoms with E-state index in [1.165, 1.54) is 28.1 Å². The van der Waals surface area contributed by atoms with Gasteiger partial charge in [0.1, 0.15) is 5.69 Å². The van der Waals surface area contributed by atoms with Gasteiger partial charge in [0.2, 0.25) is 0 Å². The number of carbonyl (C=O) groups excluding carboxylic acids is 1. The summed E-state index contributed by atoms with van der Waals surface area (Å²) in [6, 6.07) is 11.4. The fraction of sp³-hybridized carbons (Fsp3) is 0.389. The molecule has 24 heavy (non-hydrogen) atoms. The van der Waals surface area contributed by atoms with E-state index in [1.807, 2.05) is 11.8 Å². The fourth-order valence-electron chi connectivity index (χ4n) is 3.01. The van der Waals surface area contributed by atoms with Crippen molar-refractivity contribution in [1.29, 1.82) is 0 Å². The molecule has 6 heteroatoms. The second-order valence-corrected chi connectivity index (χ2v) is 6.31. The second-order valence-electron chi connectivity index (χ2n) is 6.31. The van der Waals surface area contributed by atoms with E-state index in [2.05, 4.69) is 41.2 Å². The summed E-state index contributed by atoms with van der Waals surface area (Å²) >= 11 is 0. The molecule has 3 rings (SSSR count). The van der Waals surface area contributed by atoms with E-state index in [0.717, 1.165) is 13.1 Å². The SMILES string of the molecule is Cc1ccc(N2CCN(C(=O)c3ccc(=O)n(C)n3)[C@@H](C)C2)cc1. The zero-order valence-corrected chi connectivity index (χ0v) is 14.3. The zero-order valence-electron chi connectivity index (χ0n) is 14.3. The normalized spacial score (nSPS) is 17.9. The Morgan fingerprint density at radius 1 is 1.12 bits per heavy atom. The van der Waals surface area contributed by atoms with Crippen LogP contribution in [0.25, 0.3) is 0 Å². The summed E-state index contributed by atoms with van der Waals surface area (Å²) in [6.07, 6.45) is 0. The van der Waals surface area contributed by atoms with E-state index in [1.54, 1.807) is 7.05 Å². The molecule has 1 fully saturated rings. The van der Waals surface area contributed by atoms with Gasteiger partial charge in [0.15, 0.2) is 0 Å². The number of anilines is 1. The van der Waals surface area contributed by atoms with Crippen LogP contribution in [0, 0.1) is 6.92 Å². The number of hydrogen-bond donors (Lipinski definition) is 0. The van der Waals surface area contributed by atoms with Crippen molar-refractivity contribution >= 4 is 11.6 Å². The highest BCUT2D eigenvalue weighted by Gasteiger charge is 2.29. The van der Waals surface area contributed by atoms with Crippen LogP contribution in [0.4, 0.5) is 5.69 Å². The highest BCUT2D eigenvalue weighted by molar-refractivity contribution is 5.92. The molecule has 1 aromatic carbocycles. The Labute approximate surface area is 141 Å². The van der Waals surface area contributed by atoms with Crippen LogP contribution >= 0.6 is 0 Å². The number of benzene rings is 1. The minimum atomic E-state index is -0.219. The minimum Gasteiger partial charge on any atom is -0.368 e. The van der Waals surface area contributed by atoms with Gasteiger partial charge in [0, 0.05) is 44.5 Å². The van der Waals surface area contributed by atoms with Crippen LogP contribution in [-0.4, -0.2) is 46.3 Å². The molecule has 0 N–H and O–H groups in total. The smallest absolute Gasteiger partial charge is 0.274 e. The molecule has 0 spiro atoms. The molecule has 2 heterocycles. The lowest BCUT2D eigenvalue weighted by Crippen LogP contribution is -2.54. The molecule has 1 aliphatic heterocycles. The molecule has 0 radical (unpaired) electrons. The molecule has 0 bridgehead atoms. The molecule has 126 valence electrons. The first-order valence-corrected chi connectivity index (χ1v) is 8.12. The highest BCUT2D eigenvalue weighted by atomic mass is 16.2. The van der Waals surface area contributed by atoms with Gasteiger partial charge >= 0.3 is 0 Å². The fourth-order valence-corrected chi connectivity index (χ4v) is 3.01. The van der Waals surface area contributed by atoms with Gasteiger partial charge in [-0.15, -0.1) is 0 Å². The van der Waals surface area contributed by atoms with Crippen molar-refractivity contribution in [1.82, 2.24) is 14.7 Å². The molecule has 1 atom stereocenters. The van der Waals surface area contributed by atoms with Crippen LogP contribution in [0.1, 0.15) is 23.0 Å². The first-order valence-electron chi connectivity index (χ1n) is 8.12. The van der Waals surface area contributed by atoms with Crippen molar-refractivity contribution in [3.8, 4) is 0 Å². The lowest BCUT2D eigenvalue weighted by atomic mass is 10.1. The van der Waals surface area contributed by atoms with E-state index < -0.39 is 0 Å². The van der Waals surface area contributed by atoms with Gasteiger partial charge in [-0.25, -0.2) is 4.68 Å². The number of hydrogen-bond acceptors (Lipinski definition) is 4. The van der Waals surface area contributed by atoms with Crippen molar-refractivity contribution in [2.75, 3.05) is 24.5 Å². The van der Waals surface area contributed by atoms with Gasteiger partial charge in [-0.2, -0.15) is 5.10 Å². The van der Waals surface area contributed by atoms with Crippen molar-refractivity contribution in [2.24, 2.45) is 7.05 Å². The van der Waals surface area contributed by atoms with Crippen LogP contribution in [0.2, 0.25) is 0 Å². The molecule has 6 nitrogen and oxygen atoms in total. The Morgan fingerprint density at radius 2 is 1.83 bits per heavy atom. The molecule has 1 amide bonds. The summed E-state index contributed by atoms with van der Waals surface area (Å²) in [5.41, 5.74) is 2.51. The molecule has 1 aromatic heterocycles. The number of amides is 1. The third-order valence-electron chi connectivity index (χ3n) is 4.47. The maximum Gasteiger partial charge on any atom is 0.274 e. The third-order valence-corrected chi connectivity index (χ3v) is 4.47. The molecule has 1 aliphatic rings. The van der Waals surface area contributed by atoms with Gasteiger partial charge in [-0.3, -0.25) is 9.59 Å². The number of carbonyl (C=O) groups is 1. The molecule has 0 unspecified atom stereocenters. The lowest BCUT2D eigenvalue weighted by molar-refractivity contribution is 0.0665. The summed E-state index contributed by atoms with van der Waals surface area (Å²) in [5, 5.41) is 4.07. The topological polar surface area (TPSA) is 58.4 Å². The maximum atomic E-state index is 12.7. The molecule has 0 saturated carbocycles. The summed E-state index contributed by atoms with van der Waals surface area (Å²) in [4.78, 5) is 28.2. The van der Waals surface area contributed by atoms with E-state index >= 15 is 0 Å². The van der Waals surface area contributed by atoms with Crippen molar-refractivity contribution < 1.29 is 4.79 Å². The van der Waals surface area contributed by atoms with Gasteiger partial charge in [-0.05, 0) is 32.0 Å². The second kappa shape index (κ2) is 6.47. The quantitative estimate of drug-likeness (QED) is 0.838. The highest BCUT2D eigenvalue weighted by Crippen LogP contribution is 2.20. The van der Waals surface area contributed by atoms with Gasteiger partial charge in [-0.1, -0.05) is 17.7 Å². The number of piperazine rings is 1. The number of rotatable bonds is 2. The molecule has 2 aromatic rings. The standard InChI is InChI=1S/C18H22N4O2/c1-13-4-6-15(7-5-13)21-10-11-22(14(2)12-21)18(24)16-8-9-17(23)20(3)19-16/h4-9,14H,10-12H2,1-3H3/t14-/m0/s1. The van der Waals surface area contributed by atoms with Crippen molar-refractivity contribution in [3.63, 3.8) is 0 Å². The van der Waals surface area contributed by atoms with Crippen molar-refractivity contribution in [3.05, 3.63) is 58.0 Å². The molecule has 0 aliphatic carbocycles. The summed E-state index contributed by atoms with van der Waals surface area (Å²) in [5.74, 6) is -0.123. The first kappa shape index (κ1) is 16.2. The van der Waals surface area contributed by atoms with Crippen LogP contribution in [-0.2, 0) is 7.05 Å². The summed E-state index contributed by atoms with van der Waals surface area (Å²) in [7, 11) is 1.55. The Kier molecular flexibility index (Phi) is 4.38. The van der Waals surface area contributed by atoms with Gasteiger partial charge in [0.05, 0.1) is 0 Å². The zero-order chi connectivity index (χ0) is 17.3. The van der Waals surface area contributed by atoms with E-state index in [0.29, 0.717) is 12.2 Å². The monoisotopic (exact) mass is 326 g/mol. The molecular formula is C18H22N4O2. The van der Waals surface area contributed by atoms with Crippen LogP contribution in [0.5, 0.6) is 0 Å². The molecular weight excluding hydrogens is 304 g/mol. The van der Waals surface area contributed by atoms with Gasteiger partial charge in [0.25, 0.3) is 11.5 Å². The van der Waals surface area contributed by atoms with Crippen molar-refractivity contribution in [2.45, 2.75) is 19.9 Å². The number of aryl methyl sites for hydroxylation is 2. The first-order chi connectivity index (χ1) is 11.5. The predicted octanol–water partition coefficient (Wildman–Crippen LogP) is 1.44. The average molecular weight is 326 g/mol. The predicted molar refractivity (Wildman–Crippen MR) is 93.4 cm³/mol. The summed E-state index contributed by atoms with van der Waals surface area (Å²) in [6.45, 7) is 6.31. The van der Waals surface area contributed by atoms with E-state index in [-0.39, 0.29) is 17.5 Å². The van der Waals surface area contributed by atoms with Crippen LogP contribution in [0.3, 0.4) is 0 Å². The Morgan fingerprint density at radius 3 is 2.46 bits per heavy atom. The van der Waals surface area contributed by atoms with Crippen LogP contribution < -0.4 is 10.5 Å². The largest absolute Gasteiger partial charge is 0.368 e.